The van der Waals surface area contributed by atoms with E-state index in [4.69, 9.17) is 4.98 Å². The molecule has 0 atom stereocenters. The lowest BCUT2D eigenvalue weighted by atomic mass is 9.83. The zero-order valence-corrected chi connectivity index (χ0v) is 24.5. The first-order valence-electron chi connectivity index (χ1n) is 13.7. The van der Waals surface area contributed by atoms with Crippen LogP contribution in [0.4, 0.5) is 0 Å². The maximum Gasteiger partial charge on any atom is 0.336 e. The molecule has 0 unspecified atom stereocenters. The number of nitrogens with zero attached hydrogens (tertiary/aromatic N) is 2. The molecule has 0 spiro atoms. The molecule has 1 fully saturated rings. The number of aromatic nitrogens is 1. The normalized spacial score (nSPS) is 13.6. The van der Waals surface area contributed by atoms with Gasteiger partial charge in [-0.2, -0.15) is 0 Å². The lowest BCUT2D eigenvalue weighted by molar-refractivity contribution is 0.0673. The summed E-state index contributed by atoms with van der Waals surface area (Å²) in [5.41, 5.74) is 2.84. The van der Waals surface area contributed by atoms with Crippen molar-refractivity contribution in [1.29, 1.82) is 0 Å². The molecule has 0 radical (unpaired) electrons. The van der Waals surface area contributed by atoms with Crippen molar-refractivity contribution in [2.75, 3.05) is 13.1 Å². The first kappa shape index (κ1) is 29.4. The summed E-state index contributed by atoms with van der Waals surface area (Å²) in [6.07, 6.45) is 7.63. The summed E-state index contributed by atoms with van der Waals surface area (Å²) in [7, 11) is -3.78. The van der Waals surface area contributed by atoms with Crippen molar-refractivity contribution >= 4 is 45.4 Å². The minimum absolute atomic E-state index is 0.0297. The van der Waals surface area contributed by atoms with Crippen LogP contribution in [0.25, 0.3) is 12.2 Å². The van der Waals surface area contributed by atoms with Crippen LogP contribution in [0.3, 0.4) is 0 Å². The minimum Gasteiger partial charge on any atom is -0.478 e. The SMILES string of the molecule is O=C(O)c1ccccc1C(=O)N(CCNS(=O)(=O)c1ccccc1)Cc1cccc(/C=C/c2nc(C3CCC3)cs2)c1. The fraction of sp³-hybridized carbons (Fsp3) is 0.219. The van der Waals surface area contributed by atoms with E-state index in [0.29, 0.717) is 5.92 Å². The highest BCUT2D eigenvalue weighted by Gasteiger charge is 2.23. The predicted molar refractivity (Wildman–Crippen MR) is 164 cm³/mol. The van der Waals surface area contributed by atoms with Crippen LogP contribution in [0.5, 0.6) is 0 Å². The molecule has 10 heteroatoms. The Kier molecular flexibility index (Phi) is 9.26. The summed E-state index contributed by atoms with van der Waals surface area (Å²) in [6, 6.07) is 21.7. The Balaban J connectivity index is 1.34. The molecule has 0 bridgehead atoms. The number of carbonyl (C=O) groups excluding carboxylic acids is 1. The molecule has 8 nitrogen and oxygen atoms in total. The average Bonchev–Trinajstić information content (AvgIpc) is 3.43. The van der Waals surface area contributed by atoms with Crippen molar-refractivity contribution in [3.63, 3.8) is 0 Å². The van der Waals surface area contributed by atoms with E-state index < -0.39 is 21.9 Å². The summed E-state index contributed by atoms with van der Waals surface area (Å²) < 4.78 is 28.0. The Morgan fingerprint density at radius 1 is 0.976 bits per heavy atom. The molecule has 5 rings (SSSR count). The molecule has 42 heavy (non-hydrogen) atoms. The van der Waals surface area contributed by atoms with Crippen LogP contribution in [-0.2, 0) is 16.6 Å². The van der Waals surface area contributed by atoms with Gasteiger partial charge in [0.2, 0.25) is 10.0 Å². The van der Waals surface area contributed by atoms with Gasteiger partial charge in [-0.25, -0.2) is 22.9 Å². The fourth-order valence-corrected chi connectivity index (χ4v) is 6.56. The van der Waals surface area contributed by atoms with Crippen LogP contribution >= 0.6 is 11.3 Å². The third-order valence-corrected chi connectivity index (χ3v) is 9.51. The molecule has 0 aliphatic heterocycles. The highest BCUT2D eigenvalue weighted by Crippen LogP contribution is 2.36. The molecule has 4 aromatic rings. The van der Waals surface area contributed by atoms with Gasteiger partial charge in [0.25, 0.3) is 5.91 Å². The first-order chi connectivity index (χ1) is 20.3. The molecule has 1 amide bonds. The van der Waals surface area contributed by atoms with Crippen molar-refractivity contribution in [3.05, 3.63) is 117 Å². The van der Waals surface area contributed by atoms with Crippen LogP contribution in [0.2, 0.25) is 0 Å². The second-order valence-electron chi connectivity index (χ2n) is 10.1. The van der Waals surface area contributed by atoms with Gasteiger partial charge in [-0.3, -0.25) is 4.79 Å². The second kappa shape index (κ2) is 13.2. The van der Waals surface area contributed by atoms with Crippen LogP contribution in [-0.4, -0.2) is 48.4 Å². The maximum absolute atomic E-state index is 13.6. The molecule has 1 heterocycles. The quantitative estimate of drug-likeness (QED) is 0.209. The smallest absolute Gasteiger partial charge is 0.336 e. The number of benzene rings is 3. The van der Waals surface area contributed by atoms with E-state index in [1.807, 2.05) is 36.4 Å². The second-order valence-corrected chi connectivity index (χ2v) is 12.8. The number of thiazole rings is 1. The lowest BCUT2D eigenvalue weighted by Crippen LogP contribution is -2.38. The van der Waals surface area contributed by atoms with Crippen molar-refractivity contribution in [2.24, 2.45) is 0 Å². The molecular weight excluding hydrogens is 571 g/mol. The summed E-state index contributed by atoms with van der Waals surface area (Å²) in [5.74, 6) is -1.13. The molecular formula is C32H31N3O5S2. The van der Waals surface area contributed by atoms with Crippen LogP contribution in [0, 0.1) is 0 Å². The van der Waals surface area contributed by atoms with E-state index >= 15 is 0 Å². The van der Waals surface area contributed by atoms with Gasteiger partial charge in [0.15, 0.2) is 0 Å². The Morgan fingerprint density at radius 2 is 1.71 bits per heavy atom. The number of hydrogen-bond acceptors (Lipinski definition) is 6. The maximum atomic E-state index is 13.6. The van der Waals surface area contributed by atoms with Gasteiger partial charge in [0, 0.05) is 30.9 Å². The molecule has 1 aromatic heterocycles. The third-order valence-electron chi connectivity index (χ3n) is 7.21. The van der Waals surface area contributed by atoms with Crippen LogP contribution in [0.15, 0.2) is 89.1 Å². The number of rotatable bonds is 12. The van der Waals surface area contributed by atoms with E-state index in [1.54, 1.807) is 41.7 Å². The van der Waals surface area contributed by atoms with E-state index in [1.165, 1.54) is 54.1 Å². The number of carboxylic acid groups (broad SMARTS) is 1. The number of carbonyl (C=O) groups is 2. The van der Waals surface area contributed by atoms with E-state index in [9.17, 15) is 23.1 Å². The summed E-state index contributed by atoms with van der Waals surface area (Å²) in [4.78, 5) is 31.8. The largest absolute Gasteiger partial charge is 0.478 e. The molecule has 0 saturated heterocycles. The number of nitrogens with one attached hydrogen (secondary N) is 1. The van der Waals surface area contributed by atoms with E-state index in [0.717, 1.165) is 16.1 Å². The topological polar surface area (TPSA) is 117 Å². The van der Waals surface area contributed by atoms with Gasteiger partial charge in [-0.15, -0.1) is 11.3 Å². The molecule has 1 saturated carbocycles. The van der Waals surface area contributed by atoms with Gasteiger partial charge >= 0.3 is 5.97 Å². The Bertz CT molecular complexity index is 1700. The van der Waals surface area contributed by atoms with E-state index in [2.05, 4.69) is 10.1 Å². The zero-order valence-electron chi connectivity index (χ0n) is 22.8. The first-order valence-corrected chi connectivity index (χ1v) is 16.1. The average molecular weight is 602 g/mol. The summed E-state index contributed by atoms with van der Waals surface area (Å²) in [6.45, 7) is 0.137. The minimum atomic E-state index is -3.78. The van der Waals surface area contributed by atoms with Gasteiger partial charge < -0.3 is 10.0 Å². The molecule has 3 aromatic carbocycles. The Hall–Kier alpha value is -4.12. The number of sulfonamides is 1. The standard InChI is InChI=1S/C32H31N3O5S2/c36-31(27-14-4-5-15-28(27)32(37)38)35(19-18-33-42(39,40)26-12-2-1-3-13-26)21-24-9-6-8-23(20-24)16-17-30-34-29(22-41-30)25-10-7-11-25/h1-6,8-9,12-17,20,22,25,33H,7,10-11,18-19,21H2,(H,37,38)/b17-16+. The van der Waals surface area contributed by atoms with Crippen molar-refractivity contribution in [1.82, 2.24) is 14.6 Å². The Labute approximate surface area is 249 Å². The lowest BCUT2D eigenvalue weighted by Gasteiger charge is -2.24. The van der Waals surface area contributed by atoms with Gasteiger partial charge in [0.05, 0.1) is 21.7 Å². The van der Waals surface area contributed by atoms with Crippen LogP contribution in [0.1, 0.15) is 67.7 Å². The van der Waals surface area contributed by atoms with Crippen molar-refractivity contribution < 1.29 is 23.1 Å². The fourth-order valence-electron chi connectivity index (χ4n) is 4.73. The zero-order chi connectivity index (χ0) is 29.5. The molecule has 1 aliphatic rings. The molecule has 216 valence electrons. The predicted octanol–water partition coefficient (Wildman–Crippen LogP) is 5.90. The van der Waals surface area contributed by atoms with Crippen LogP contribution < -0.4 is 4.72 Å². The highest BCUT2D eigenvalue weighted by molar-refractivity contribution is 7.89. The van der Waals surface area contributed by atoms with Gasteiger partial charge in [0.1, 0.15) is 5.01 Å². The number of aromatic carboxylic acids is 1. The summed E-state index contributed by atoms with van der Waals surface area (Å²) >= 11 is 1.62. The summed E-state index contributed by atoms with van der Waals surface area (Å²) in [5, 5.41) is 12.7. The third kappa shape index (κ3) is 7.20. The van der Waals surface area contributed by atoms with Gasteiger partial charge in [-0.1, -0.05) is 61.0 Å². The highest BCUT2D eigenvalue weighted by atomic mass is 32.2. The van der Waals surface area contributed by atoms with E-state index in [-0.39, 0.29) is 35.7 Å². The number of amides is 1. The van der Waals surface area contributed by atoms with Gasteiger partial charge in [-0.05, 0) is 60.4 Å². The Morgan fingerprint density at radius 3 is 2.43 bits per heavy atom. The van der Waals surface area contributed by atoms with Crippen molar-refractivity contribution in [3.8, 4) is 0 Å². The number of hydrogen-bond donors (Lipinski definition) is 2. The number of carboxylic acids is 1. The molecule has 1 aliphatic carbocycles. The van der Waals surface area contributed by atoms with Crippen molar-refractivity contribution in [2.45, 2.75) is 36.6 Å². The monoisotopic (exact) mass is 601 g/mol. The molecule has 2 N–H and O–H groups in total.